The molecule has 0 aliphatic heterocycles. The van der Waals surface area contributed by atoms with Crippen LogP contribution in [0.5, 0.6) is 0 Å². The first-order valence-corrected chi connectivity index (χ1v) is 7.75. The van der Waals surface area contributed by atoms with E-state index >= 15 is 0 Å². The number of hydrogen-bond acceptors (Lipinski definition) is 4. The van der Waals surface area contributed by atoms with Gasteiger partial charge in [0.05, 0.1) is 5.56 Å². The summed E-state index contributed by atoms with van der Waals surface area (Å²) in [6.07, 6.45) is 0. The van der Waals surface area contributed by atoms with E-state index in [-0.39, 0.29) is 6.61 Å². The van der Waals surface area contributed by atoms with Crippen LogP contribution in [-0.2, 0) is 9.53 Å². The molecule has 24 heavy (non-hydrogen) atoms. The van der Waals surface area contributed by atoms with Gasteiger partial charge >= 0.3 is 5.97 Å². The molecule has 0 saturated heterocycles. The number of carbonyl (C=O) groups excluding carboxylic acids is 2. The maximum Gasteiger partial charge on any atom is 0.338 e. The fourth-order valence-electron chi connectivity index (χ4n) is 1.98. The van der Waals surface area contributed by atoms with E-state index in [1.54, 1.807) is 30.3 Å². The zero-order valence-corrected chi connectivity index (χ0v) is 14.6. The molecule has 0 aliphatic rings. The molecule has 1 N–H and O–H groups in total. The summed E-state index contributed by atoms with van der Waals surface area (Å²) in [6, 6.07) is 12.1. The van der Waals surface area contributed by atoms with Crippen molar-refractivity contribution < 1.29 is 14.3 Å². The Morgan fingerprint density at radius 3 is 2.38 bits per heavy atom. The van der Waals surface area contributed by atoms with Gasteiger partial charge in [-0.25, -0.2) is 4.79 Å². The molecule has 126 valence electrons. The van der Waals surface area contributed by atoms with Gasteiger partial charge in [0, 0.05) is 30.5 Å². The SMILES string of the molecule is Cc1ccc(NC(=O)COC(=O)c2ccc(N(C)C)cc2)cc1Cl. The van der Waals surface area contributed by atoms with Crippen LogP contribution in [0.2, 0.25) is 5.02 Å². The Bertz CT molecular complexity index is 742. The number of rotatable bonds is 5. The van der Waals surface area contributed by atoms with E-state index in [1.807, 2.05) is 38.1 Å². The van der Waals surface area contributed by atoms with Crippen molar-refractivity contribution in [2.75, 3.05) is 30.9 Å². The summed E-state index contributed by atoms with van der Waals surface area (Å²) < 4.78 is 5.02. The zero-order valence-electron chi connectivity index (χ0n) is 13.8. The Kier molecular flexibility index (Phi) is 5.82. The summed E-state index contributed by atoms with van der Waals surface area (Å²) in [5.74, 6) is -0.967. The van der Waals surface area contributed by atoms with E-state index in [2.05, 4.69) is 5.32 Å². The van der Waals surface area contributed by atoms with E-state index < -0.39 is 11.9 Å². The van der Waals surface area contributed by atoms with Crippen molar-refractivity contribution >= 4 is 34.9 Å². The van der Waals surface area contributed by atoms with Crippen LogP contribution in [0.4, 0.5) is 11.4 Å². The van der Waals surface area contributed by atoms with Crippen LogP contribution in [0, 0.1) is 6.92 Å². The predicted molar refractivity (Wildman–Crippen MR) is 95.9 cm³/mol. The zero-order chi connectivity index (χ0) is 17.7. The molecule has 0 fully saturated rings. The van der Waals surface area contributed by atoms with Gasteiger partial charge in [-0.15, -0.1) is 0 Å². The van der Waals surface area contributed by atoms with Crippen LogP contribution in [0.15, 0.2) is 42.5 Å². The van der Waals surface area contributed by atoms with Crippen molar-refractivity contribution in [3.05, 3.63) is 58.6 Å². The highest BCUT2D eigenvalue weighted by Crippen LogP contribution is 2.20. The molecule has 0 heterocycles. The second kappa shape index (κ2) is 7.84. The Balaban J connectivity index is 1.88. The molecule has 0 aliphatic carbocycles. The topological polar surface area (TPSA) is 58.6 Å². The van der Waals surface area contributed by atoms with Crippen molar-refractivity contribution in [2.45, 2.75) is 6.92 Å². The lowest BCUT2D eigenvalue weighted by Crippen LogP contribution is -2.21. The minimum Gasteiger partial charge on any atom is -0.452 e. The summed E-state index contributed by atoms with van der Waals surface area (Å²) in [5.41, 5.74) is 2.84. The molecule has 0 saturated carbocycles. The van der Waals surface area contributed by atoms with Gasteiger partial charge in [-0.05, 0) is 48.9 Å². The minimum atomic E-state index is -0.544. The lowest BCUT2D eigenvalue weighted by atomic mass is 10.2. The first-order valence-electron chi connectivity index (χ1n) is 7.37. The highest BCUT2D eigenvalue weighted by Gasteiger charge is 2.11. The number of esters is 1. The van der Waals surface area contributed by atoms with Gasteiger partial charge in [0.2, 0.25) is 0 Å². The van der Waals surface area contributed by atoms with E-state index in [1.165, 1.54) is 0 Å². The van der Waals surface area contributed by atoms with E-state index in [0.717, 1.165) is 11.3 Å². The summed E-state index contributed by atoms with van der Waals surface area (Å²) in [6.45, 7) is 1.51. The molecule has 2 aromatic rings. The Morgan fingerprint density at radius 2 is 1.79 bits per heavy atom. The molecular weight excluding hydrogens is 328 g/mol. The maximum atomic E-state index is 11.9. The second-order valence-electron chi connectivity index (χ2n) is 5.53. The van der Waals surface area contributed by atoms with Crippen molar-refractivity contribution in [3.8, 4) is 0 Å². The average Bonchev–Trinajstić information content (AvgIpc) is 2.56. The molecule has 0 spiro atoms. The highest BCUT2D eigenvalue weighted by atomic mass is 35.5. The number of carbonyl (C=O) groups is 2. The molecule has 2 rings (SSSR count). The number of hydrogen-bond donors (Lipinski definition) is 1. The number of halogens is 1. The molecule has 0 radical (unpaired) electrons. The van der Waals surface area contributed by atoms with Gasteiger partial charge in [0.25, 0.3) is 5.91 Å². The van der Waals surface area contributed by atoms with Gasteiger partial charge in [-0.1, -0.05) is 17.7 Å². The van der Waals surface area contributed by atoms with Gasteiger partial charge in [-0.2, -0.15) is 0 Å². The highest BCUT2D eigenvalue weighted by molar-refractivity contribution is 6.31. The lowest BCUT2D eigenvalue weighted by molar-refractivity contribution is -0.119. The van der Waals surface area contributed by atoms with Gasteiger partial charge in [0.1, 0.15) is 0 Å². The lowest BCUT2D eigenvalue weighted by Gasteiger charge is -2.12. The van der Waals surface area contributed by atoms with Crippen LogP contribution in [0.1, 0.15) is 15.9 Å². The Labute approximate surface area is 146 Å². The number of amides is 1. The van der Waals surface area contributed by atoms with Crippen LogP contribution in [-0.4, -0.2) is 32.6 Å². The second-order valence-corrected chi connectivity index (χ2v) is 5.94. The first kappa shape index (κ1) is 17.8. The van der Waals surface area contributed by atoms with Crippen LogP contribution in [0.25, 0.3) is 0 Å². The Hall–Kier alpha value is -2.53. The monoisotopic (exact) mass is 346 g/mol. The fourth-order valence-corrected chi connectivity index (χ4v) is 2.16. The van der Waals surface area contributed by atoms with Gasteiger partial charge in [-0.3, -0.25) is 4.79 Å². The number of nitrogens with zero attached hydrogens (tertiary/aromatic N) is 1. The normalized spacial score (nSPS) is 10.2. The van der Waals surface area contributed by atoms with Crippen molar-refractivity contribution in [1.29, 1.82) is 0 Å². The van der Waals surface area contributed by atoms with Crippen LogP contribution < -0.4 is 10.2 Å². The molecule has 2 aromatic carbocycles. The molecular formula is C18H19ClN2O3. The van der Waals surface area contributed by atoms with E-state index in [0.29, 0.717) is 16.3 Å². The summed E-state index contributed by atoms with van der Waals surface area (Å²) in [5, 5.41) is 3.19. The molecule has 1 amide bonds. The standard InChI is InChI=1S/C18H19ClN2O3/c1-12-4-7-14(10-16(12)19)20-17(22)11-24-18(23)13-5-8-15(9-6-13)21(2)3/h4-10H,11H2,1-3H3,(H,20,22). The molecule has 5 nitrogen and oxygen atoms in total. The fraction of sp³-hybridized carbons (Fsp3) is 0.222. The number of anilines is 2. The predicted octanol–water partition coefficient (Wildman–Crippen LogP) is 3.51. The molecule has 0 bridgehead atoms. The molecule has 6 heteroatoms. The summed E-state index contributed by atoms with van der Waals surface area (Å²) in [7, 11) is 3.82. The Morgan fingerprint density at radius 1 is 1.12 bits per heavy atom. The van der Waals surface area contributed by atoms with Crippen LogP contribution in [0.3, 0.4) is 0 Å². The van der Waals surface area contributed by atoms with Crippen molar-refractivity contribution in [3.63, 3.8) is 0 Å². The largest absolute Gasteiger partial charge is 0.452 e. The molecule has 0 aromatic heterocycles. The third kappa shape index (κ3) is 4.73. The third-order valence-corrected chi connectivity index (χ3v) is 3.82. The smallest absolute Gasteiger partial charge is 0.338 e. The van der Waals surface area contributed by atoms with E-state index in [4.69, 9.17) is 16.3 Å². The third-order valence-electron chi connectivity index (χ3n) is 3.41. The van der Waals surface area contributed by atoms with Gasteiger partial charge in [0.15, 0.2) is 6.61 Å². The molecule has 0 atom stereocenters. The van der Waals surface area contributed by atoms with Crippen molar-refractivity contribution in [1.82, 2.24) is 0 Å². The quantitative estimate of drug-likeness (QED) is 0.842. The van der Waals surface area contributed by atoms with Crippen LogP contribution >= 0.6 is 11.6 Å². The average molecular weight is 347 g/mol. The summed E-state index contributed by atoms with van der Waals surface area (Å²) in [4.78, 5) is 25.7. The molecule has 0 unspecified atom stereocenters. The van der Waals surface area contributed by atoms with Crippen molar-refractivity contribution in [2.24, 2.45) is 0 Å². The maximum absolute atomic E-state index is 11.9. The first-order chi connectivity index (χ1) is 11.4. The summed E-state index contributed by atoms with van der Waals surface area (Å²) >= 11 is 6.00. The number of ether oxygens (including phenoxy) is 1. The number of aryl methyl sites for hydroxylation is 1. The number of benzene rings is 2. The van der Waals surface area contributed by atoms with E-state index in [9.17, 15) is 9.59 Å². The van der Waals surface area contributed by atoms with Gasteiger partial charge < -0.3 is 15.0 Å². The number of nitrogens with one attached hydrogen (secondary N) is 1. The minimum absolute atomic E-state index is 0.361.